The van der Waals surface area contributed by atoms with Gasteiger partial charge in [0, 0.05) is 5.71 Å². The molecule has 1 heteroatoms. The summed E-state index contributed by atoms with van der Waals surface area (Å²) >= 11 is 0. The Morgan fingerprint density at radius 2 is 1.73 bits per heavy atom. The van der Waals surface area contributed by atoms with Crippen LogP contribution >= 0.6 is 0 Å². The van der Waals surface area contributed by atoms with Crippen molar-refractivity contribution in [2.75, 3.05) is 0 Å². The van der Waals surface area contributed by atoms with Crippen LogP contribution in [0.15, 0.2) is 48.1 Å². The molecule has 0 saturated heterocycles. The van der Waals surface area contributed by atoms with E-state index in [9.17, 15) is 0 Å². The monoisotopic (exact) mass is 199 g/mol. The third-order valence-electron chi connectivity index (χ3n) is 2.30. The fraction of sp³-hybridized carbons (Fsp3) is 0.214. The summed E-state index contributed by atoms with van der Waals surface area (Å²) in [6.07, 6.45) is 3.98. The molecule has 0 aromatic heterocycles. The van der Waals surface area contributed by atoms with Gasteiger partial charge >= 0.3 is 0 Å². The van der Waals surface area contributed by atoms with Crippen LogP contribution in [0.5, 0.6) is 0 Å². The standard InChI is InChI=1S/C14H17N/c1-4-11(2)14(10-12(3)15)13-8-6-5-7-9-13/h4-10,15H,1-3H3/b11-4-,14-10+,15-12?. The largest absolute Gasteiger partial charge is 0.306 e. The highest BCUT2D eigenvalue weighted by molar-refractivity contribution is 6.00. The molecule has 0 amide bonds. The Morgan fingerprint density at radius 3 is 2.20 bits per heavy atom. The summed E-state index contributed by atoms with van der Waals surface area (Å²) in [7, 11) is 0. The molecule has 1 nitrogen and oxygen atoms in total. The Labute approximate surface area is 91.7 Å². The summed E-state index contributed by atoms with van der Waals surface area (Å²) in [5.74, 6) is 0. The van der Waals surface area contributed by atoms with Gasteiger partial charge < -0.3 is 5.41 Å². The maximum Gasteiger partial charge on any atom is 0.0289 e. The van der Waals surface area contributed by atoms with Crippen molar-refractivity contribution in [3.8, 4) is 0 Å². The Kier molecular flexibility index (Phi) is 4.04. The lowest BCUT2D eigenvalue weighted by Gasteiger charge is -2.07. The highest BCUT2D eigenvalue weighted by Gasteiger charge is 2.02. The molecule has 0 unspecified atom stereocenters. The lowest BCUT2D eigenvalue weighted by molar-refractivity contribution is 1.45. The number of rotatable bonds is 3. The molecule has 0 aliphatic carbocycles. The van der Waals surface area contributed by atoms with Crippen LogP contribution in [0.2, 0.25) is 0 Å². The van der Waals surface area contributed by atoms with Gasteiger partial charge in [-0.05, 0) is 43.6 Å². The smallest absolute Gasteiger partial charge is 0.0289 e. The Balaban J connectivity index is 3.20. The minimum atomic E-state index is 0.579. The molecule has 1 aromatic rings. The van der Waals surface area contributed by atoms with Crippen molar-refractivity contribution < 1.29 is 0 Å². The van der Waals surface area contributed by atoms with Crippen LogP contribution in [0.25, 0.3) is 5.57 Å². The molecule has 0 atom stereocenters. The van der Waals surface area contributed by atoms with Crippen molar-refractivity contribution in [3.05, 3.63) is 53.6 Å². The summed E-state index contributed by atoms with van der Waals surface area (Å²) in [5.41, 5.74) is 4.08. The van der Waals surface area contributed by atoms with Gasteiger partial charge in [-0.1, -0.05) is 36.4 Å². The molecule has 0 aliphatic rings. The molecule has 0 spiro atoms. The van der Waals surface area contributed by atoms with E-state index in [-0.39, 0.29) is 0 Å². The minimum absolute atomic E-state index is 0.579. The lowest BCUT2D eigenvalue weighted by Crippen LogP contribution is -1.90. The lowest BCUT2D eigenvalue weighted by atomic mass is 9.97. The molecular formula is C14H17N. The zero-order chi connectivity index (χ0) is 11.3. The molecular weight excluding hydrogens is 182 g/mol. The fourth-order valence-corrected chi connectivity index (χ4v) is 1.41. The summed E-state index contributed by atoms with van der Waals surface area (Å²) in [6, 6.07) is 10.2. The van der Waals surface area contributed by atoms with Gasteiger partial charge in [0.05, 0.1) is 0 Å². The first kappa shape index (κ1) is 11.4. The Hall–Kier alpha value is -1.63. The number of hydrogen-bond acceptors (Lipinski definition) is 1. The average molecular weight is 199 g/mol. The zero-order valence-corrected chi connectivity index (χ0v) is 9.54. The number of hydrogen-bond donors (Lipinski definition) is 1. The van der Waals surface area contributed by atoms with Crippen molar-refractivity contribution in [2.24, 2.45) is 0 Å². The van der Waals surface area contributed by atoms with Crippen LogP contribution < -0.4 is 0 Å². The van der Waals surface area contributed by atoms with Crippen molar-refractivity contribution in [1.82, 2.24) is 0 Å². The molecule has 1 rings (SSSR count). The van der Waals surface area contributed by atoms with E-state index in [0.29, 0.717) is 5.71 Å². The summed E-state index contributed by atoms with van der Waals surface area (Å²) < 4.78 is 0. The number of allylic oxidation sites excluding steroid dienone is 4. The molecule has 15 heavy (non-hydrogen) atoms. The first-order valence-electron chi connectivity index (χ1n) is 5.10. The molecule has 0 aliphatic heterocycles. The van der Waals surface area contributed by atoms with Gasteiger partial charge in [0.1, 0.15) is 0 Å². The van der Waals surface area contributed by atoms with Crippen molar-refractivity contribution in [3.63, 3.8) is 0 Å². The van der Waals surface area contributed by atoms with Crippen LogP contribution in [0.3, 0.4) is 0 Å². The van der Waals surface area contributed by atoms with E-state index in [0.717, 1.165) is 5.57 Å². The first-order valence-corrected chi connectivity index (χ1v) is 5.10. The molecule has 0 saturated carbocycles. The molecule has 0 fully saturated rings. The van der Waals surface area contributed by atoms with Crippen LogP contribution in [-0.2, 0) is 0 Å². The van der Waals surface area contributed by atoms with E-state index >= 15 is 0 Å². The topological polar surface area (TPSA) is 23.9 Å². The zero-order valence-electron chi connectivity index (χ0n) is 9.54. The Morgan fingerprint density at radius 1 is 1.13 bits per heavy atom. The SMILES string of the molecule is C/C=C(C)\C(=C/C(C)=N)c1ccccc1. The normalized spacial score (nSPS) is 12.7. The minimum Gasteiger partial charge on any atom is -0.306 e. The molecule has 0 radical (unpaired) electrons. The van der Waals surface area contributed by atoms with Crippen molar-refractivity contribution in [2.45, 2.75) is 20.8 Å². The molecule has 1 N–H and O–H groups in total. The van der Waals surface area contributed by atoms with E-state index < -0.39 is 0 Å². The predicted octanol–water partition coefficient (Wildman–Crippen LogP) is 4.08. The van der Waals surface area contributed by atoms with Crippen molar-refractivity contribution >= 4 is 11.3 Å². The second kappa shape index (κ2) is 5.30. The van der Waals surface area contributed by atoms with Crippen molar-refractivity contribution in [1.29, 1.82) is 5.41 Å². The molecule has 78 valence electrons. The van der Waals surface area contributed by atoms with Crippen LogP contribution in [-0.4, -0.2) is 5.71 Å². The quantitative estimate of drug-likeness (QED) is 0.560. The molecule has 1 aromatic carbocycles. The van der Waals surface area contributed by atoms with Gasteiger partial charge in [0.15, 0.2) is 0 Å². The second-order valence-electron chi connectivity index (χ2n) is 3.58. The van der Waals surface area contributed by atoms with E-state index in [2.05, 4.69) is 25.1 Å². The maximum absolute atomic E-state index is 7.54. The van der Waals surface area contributed by atoms with E-state index in [1.165, 1.54) is 11.1 Å². The number of nitrogens with one attached hydrogen (secondary N) is 1. The Bertz CT molecular complexity index is 397. The summed E-state index contributed by atoms with van der Waals surface area (Å²) in [6.45, 7) is 5.89. The predicted molar refractivity (Wildman–Crippen MR) is 67.3 cm³/mol. The summed E-state index contributed by atoms with van der Waals surface area (Å²) in [5, 5.41) is 7.54. The van der Waals surface area contributed by atoms with Gasteiger partial charge in [0.25, 0.3) is 0 Å². The maximum atomic E-state index is 7.54. The van der Waals surface area contributed by atoms with Gasteiger partial charge in [-0.25, -0.2) is 0 Å². The van der Waals surface area contributed by atoms with Gasteiger partial charge in [0.2, 0.25) is 0 Å². The highest BCUT2D eigenvalue weighted by atomic mass is 14.4. The average Bonchev–Trinajstić information content (AvgIpc) is 2.26. The van der Waals surface area contributed by atoms with E-state index in [1.807, 2.05) is 31.2 Å². The van der Waals surface area contributed by atoms with E-state index in [4.69, 9.17) is 5.41 Å². The summed E-state index contributed by atoms with van der Waals surface area (Å²) in [4.78, 5) is 0. The first-order chi connectivity index (χ1) is 7.15. The van der Waals surface area contributed by atoms with E-state index in [1.54, 1.807) is 6.92 Å². The van der Waals surface area contributed by atoms with Crippen LogP contribution in [0.1, 0.15) is 26.3 Å². The van der Waals surface area contributed by atoms with Gasteiger partial charge in [-0.2, -0.15) is 0 Å². The molecule has 0 heterocycles. The second-order valence-corrected chi connectivity index (χ2v) is 3.58. The van der Waals surface area contributed by atoms with Crippen LogP contribution in [0, 0.1) is 5.41 Å². The fourth-order valence-electron chi connectivity index (χ4n) is 1.41. The number of benzene rings is 1. The van der Waals surface area contributed by atoms with Gasteiger partial charge in [-0.3, -0.25) is 0 Å². The molecule has 0 bridgehead atoms. The highest BCUT2D eigenvalue weighted by Crippen LogP contribution is 2.22. The van der Waals surface area contributed by atoms with Gasteiger partial charge in [-0.15, -0.1) is 0 Å². The van der Waals surface area contributed by atoms with Crippen LogP contribution in [0.4, 0.5) is 0 Å². The third-order valence-corrected chi connectivity index (χ3v) is 2.30. The third kappa shape index (κ3) is 3.21.